The summed E-state index contributed by atoms with van der Waals surface area (Å²) in [6, 6.07) is 5.83. The van der Waals surface area contributed by atoms with Gasteiger partial charge in [0.05, 0.1) is 4.43 Å². The van der Waals surface area contributed by atoms with Crippen LogP contribution in [0.3, 0.4) is 0 Å². The lowest BCUT2D eigenvalue weighted by Gasteiger charge is -1.98. The van der Waals surface area contributed by atoms with Crippen LogP contribution in [0.1, 0.15) is 6.42 Å². The number of aromatic nitrogens is 1. The average molecular weight is 339 g/mol. The van der Waals surface area contributed by atoms with Crippen molar-refractivity contribution in [2.45, 2.75) is 11.4 Å². The summed E-state index contributed by atoms with van der Waals surface area (Å²) in [5.74, 6) is 1.18. The summed E-state index contributed by atoms with van der Waals surface area (Å²) >= 11 is 2.10. The molecule has 0 spiro atoms. The van der Waals surface area contributed by atoms with Crippen molar-refractivity contribution in [3.8, 4) is 0 Å². The molecule has 0 bridgehead atoms. The van der Waals surface area contributed by atoms with Gasteiger partial charge in [-0.2, -0.15) is 0 Å². The van der Waals surface area contributed by atoms with Gasteiger partial charge in [0.2, 0.25) is 0 Å². The van der Waals surface area contributed by atoms with Gasteiger partial charge >= 0.3 is 0 Å². The molecule has 0 atom stereocenters. The lowest BCUT2D eigenvalue weighted by Crippen LogP contribution is -1.98. The number of ketones is 1. The Morgan fingerprint density at radius 3 is 3.00 bits per heavy atom. The van der Waals surface area contributed by atoms with Crippen molar-refractivity contribution in [1.82, 2.24) is 4.98 Å². The summed E-state index contributed by atoms with van der Waals surface area (Å²) in [7, 11) is 3.30. The molecule has 1 aromatic rings. The zero-order chi connectivity index (χ0) is 10.2. The predicted molar refractivity (Wildman–Crippen MR) is 71.1 cm³/mol. The van der Waals surface area contributed by atoms with Crippen molar-refractivity contribution in [3.63, 3.8) is 0 Å². The lowest BCUT2D eigenvalue weighted by atomic mass is 10.4. The second-order valence-electron chi connectivity index (χ2n) is 2.50. The smallest absolute Gasteiger partial charge is 0.143 e. The van der Waals surface area contributed by atoms with Crippen LogP contribution in [0.4, 0.5) is 0 Å². The molecule has 0 N–H and O–H groups in total. The quantitative estimate of drug-likeness (QED) is 0.345. The molecule has 0 aliphatic rings. The number of Topliss-reactive ketones (excluding diaryl/α,β-unsaturated/α-hetero) is 1. The van der Waals surface area contributed by atoms with Gasteiger partial charge in [-0.05, 0) is 22.9 Å². The van der Waals surface area contributed by atoms with E-state index < -0.39 is 0 Å². The summed E-state index contributed by atoms with van der Waals surface area (Å²) in [5.41, 5.74) is 0. The van der Waals surface area contributed by atoms with Crippen molar-refractivity contribution in [2.75, 3.05) is 10.2 Å². The van der Waals surface area contributed by atoms with E-state index in [0.29, 0.717) is 16.6 Å². The maximum Gasteiger partial charge on any atom is 0.143 e. The van der Waals surface area contributed by atoms with Crippen molar-refractivity contribution in [2.24, 2.45) is 0 Å². The zero-order valence-electron chi connectivity index (χ0n) is 7.48. The molecule has 14 heavy (non-hydrogen) atoms. The van der Waals surface area contributed by atoms with Crippen molar-refractivity contribution >= 4 is 50.0 Å². The number of carbonyl (C=O) groups excluding carboxylic acids is 1. The summed E-state index contributed by atoms with van der Waals surface area (Å²) < 4.78 is 0.618. The van der Waals surface area contributed by atoms with Gasteiger partial charge in [-0.1, -0.05) is 39.5 Å². The predicted octanol–water partition coefficient (Wildman–Crippen LogP) is 3.22. The SMILES string of the molecule is O=C(CI)CCSSc1ccccn1. The molecule has 5 heteroatoms. The highest BCUT2D eigenvalue weighted by atomic mass is 127. The van der Waals surface area contributed by atoms with E-state index in [2.05, 4.69) is 27.6 Å². The molecule has 0 amide bonds. The highest BCUT2D eigenvalue weighted by Crippen LogP contribution is 2.29. The molecule has 0 saturated heterocycles. The second-order valence-corrected chi connectivity index (χ2v) is 5.69. The molecule has 0 saturated carbocycles. The summed E-state index contributed by atoms with van der Waals surface area (Å²) in [5, 5.41) is 0.999. The number of halogens is 1. The summed E-state index contributed by atoms with van der Waals surface area (Å²) in [6.45, 7) is 0. The average Bonchev–Trinajstić information content (AvgIpc) is 2.25. The molecule has 1 heterocycles. The van der Waals surface area contributed by atoms with Gasteiger partial charge < -0.3 is 0 Å². The summed E-state index contributed by atoms with van der Waals surface area (Å²) in [4.78, 5) is 15.1. The van der Waals surface area contributed by atoms with Gasteiger partial charge in [-0.3, -0.25) is 4.79 Å². The summed E-state index contributed by atoms with van der Waals surface area (Å²) in [6.07, 6.45) is 2.44. The van der Waals surface area contributed by atoms with E-state index in [1.54, 1.807) is 27.8 Å². The van der Waals surface area contributed by atoms with Gasteiger partial charge in [0.1, 0.15) is 10.8 Å². The first-order valence-corrected chi connectivity index (χ1v) is 7.95. The Balaban J connectivity index is 2.13. The first-order chi connectivity index (χ1) is 6.83. The molecule has 1 rings (SSSR count). The molecule has 0 fully saturated rings. The van der Waals surface area contributed by atoms with E-state index >= 15 is 0 Å². The van der Waals surface area contributed by atoms with Crippen LogP contribution in [-0.4, -0.2) is 20.9 Å². The number of carbonyl (C=O) groups is 1. The maximum absolute atomic E-state index is 11.0. The van der Waals surface area contributed by atoms with E-state index in [1.165, 1.54) is 0 Å². The van der Waals surface area contributed by atoms with Crippen LogP contribution >= 0.6 is 44.2 Å². The van der Waals surface area contributed by atoms with E-state index in [0.717, 1.165) is 10.8 Å². The third-order valence-electron chi connectivity index (χ3n) is 1.40. The molecule has 0 unspecified atom stereocenters. The fourth-order valence-corrected chi connectivity index (χ4v) is 3.01. The van der Waals surface area contributed by atoms with Crippen molar-refractivity contribution < 1.29 is 4.79 Å². The number of nitrogens with zero attached hydrogens (tertiary/aromatic N) is 1. The van der Waals surface area contributed by atoms with Gasteiger partial charge in [0.25, 0.3) is 0 Å². The molecule has 0 aromatic carbocycles. The topological polar surface area (TPSA) is 30.0 Å². The Morgan fingerprint density at radius 2 is 2.36 bits per heavy atom. The molecule has 76 valence electrons. The number of pyridine rings is 1. The minimum Gasteiger partial charge on any atom is -0.299 e. The first kappa shape index (κ1) is 12.3. The normalized spacial score (nSPS) is 10.1. The highest BCUT2D eigenvalue weighted by molar-refractivity contribution is 14.1. The molecule has 2 nitrogen and oxygen atoms in total. The second kappa shape index (κ2) is 7.53. The minimum absolute atomic E-state index is 0.319. The van der Waals surface area contributed by atoms with Crippen LogP contribution in [0.2, 0.25) is 0 Å². The molecule has 0 aliphatic carbocycles. The zero-order valence-corrected chi connectivity index (χ0v) is 11.3. The van der Waals surface area contributed by atoms with Gasteiger partial charge in [0, 0.05) is 18.4 Å². The Labute approximate surface area is 105 Å². The number of rotatable bonds is 6. The Kier molecular flexibility index (Phi) is 6.63. The van der Waals surface area contributed by atoms with Crippen LogP contribution < -0.4 is 0 Å². The number of alkyl halides is 1. The van der Waals surface area contributed by atoms with E-state index in [9.17, 15) is 4.79 Å². The van der Waals surface area contributed by atoms with Crippen LogP contribution in [0.25, 0.3) is 0 Å². The lowest BCUT2D eigenvalue weighted by molar-refractivity contribution is -0.115. The Hall–Kier alpha value is 0.250. The third kappa shape index (κ3) is 5.21. The van der Waals surface area contributed by atoms with Crippen molar-refractivity contribution in [3.05, 3.63) is 24.4 Å². The largest absolute Gasteiger partial charge is 0.299 e. The van der Waals surface area contributed by atoms with Gasteiger partial charge in [-0.15, -0.1) is 0 Å². The van der Waals surface area contributed by atoms with Gasteiger partial charge in [0.15, 0.2) is 0 Å². The molecule has 0 aliphatic heterocycles. The highest BCUT2D eigenvalue weighted by Gasteiger charge is 2.00. The Morgan fingerprint density at radius 1 is 1.50 bits per heavy atom. The van der Waals surface area contributed by atoms with E-state index in [1.807, 2.05) is 18.2 Å². The number of hydrogen-bond acceptors (Lipinski definition) is 4. The Bertz CT molecular complexity index is 281. The molecule has 1 aromatic heterocycles. The standard InChI is InChI=1S/C9H10INOS2/c10-7-8(12)4-6-13-14-9-3-1-2-5-11-9/h1-3,5H,4,6-7H2. The molecular formula is C9H10INOS2. The van der Waals surface area contributed by atoms with Crippen LogP contribution in [0.15, 0.2) is 29.4 Å². The first-order valence-electron chi connectivity index (χ1n) is 4.11. The fourth-order valence-electron chi connectivity index (χ4n) is 0.721. The third-order valence-corrected chi connectivity index (χ3v) is 4.51. The van der Waals surface area contributed by atoms with E-state index in [4.69, 9.17) is 0 Å². The van der Waals surface area contributed by atoms with Crippen molar-refractivity contribution in [1.29, 1.82) is 0 Å². The van der Waals surface area contributed by atoms with Crippen LogP contribution in [0.5, 0.6) is 0 Å². The van der Waals surface area contributed by atoms with Crippen LogP contribution in [0, 0.1) is 0 Å². The minimum atomic E-state index is 0.319. The monoisotopic (exact) mass is 339 g/mol. The molecular weight excluding hydrogens is 329 g/mol. The van der Waals surface area contributed by atoms with Gasteiger partial charge in [-0.25, -0.2) is 4.98 Å². The van der Waals surface area contributed by atoms with E-state index in [-0.39, 0.29) is 0 Å². The number of hydrogen-bond donors (Lipinski definition) is 0. The van der Waals surface area contributed by atoms with Crippen LogP contribution in [-0.2, 0) is 4.79 Å². The fraction of sp³-hybridized carbons (Fsp3) is 0.333. The molecule has 0 radical (unpaired) electrons. The maximum atomic E-state index is 11.0.